The number of rotatable bonds is 3. The van der Waals surface area contributed by atoms with Gasteiger partial charge < -0.3 is 10.6 Å². The summed E-state index contributed by atoms with van der Waals surface area (Å²) < 4.78 is 22.9. The summed E-state index contributed by atoms with van der Waals surface area (Å²) in [5.74, 6) is 1.24. The average molecular weight is 283 g/mol. The van der Waals surface area contributed by atoms with Crippen LogP contribution in [-0.4, -0.2) is 21.5 Å². The van der Waals surface area contributed by atoms with Crippen LogP contribution in [0.5, 0.6) is 0 Å². The largest absolute Gasteiger partial charge is 0.396 e. The van der Waals surface area contributed by atoms with E-state index in [-0.39, 0.29) is 10.6 Å². The Balaban J connectivity index is 2.33. The third-order valence-electron chi connectivity index (χ3n) is 3.86. The lowest BCUT2D eigenvalue weighted by atomic mass is 9.95. The second-order valence-electron chi connectivity index (χ2n) is 5.47. The second kappa shape index (κ2) is 5.02. The van der Waals surface area contributed by atoms with Crippen molar-refractivity contribution in [2.45, 2.75) is 25.2 Å². The molecule has 0 saturated carbocycles. The smallest absolute Gasteiger partial charge is 0.240 e. The fourth-order valence-electron chi connectivity index (χ4n) is 2.61. The first kappa shape index (κ1) is 14.1. The van der Waals surface area contributed by atoms with E-state index in [1.54, 1.807) is 6.07 Å². The van der Waals surface area contributed by atoms with Crippen LogP contribution in [0.15, 0.2) is 23.1 Å². The molecule has 19 heavy (non-hydrogen) atoms. The van der Waals surface area contributed by atoms with Gasteiger partial charge in [0.1, 0.15) is 4.90 Å². The molecule has 1 aliphatic rings. The third-order valence-corrected chi connectivity index (χ3v) is 4.83. The summed E-state index contributed by atoms with van der Waals surface area (Å²) in [6.45, 7) is 6.23. The first-order chi connectivity index (χ1) is 8.80. The Morgan fingerprint density at radius 3 is 2.58 bits per heavy atom. The quantitative estimate of drug-likeness (QED) is 0.820. The summed E-state index contributed by atoms with van der Waals surface area (Å²) in [6, 6.07) is 4.99. The van der Waals surface area contributed by atoms with Crippen molar-refractivity contribution < 1.29 is 8.42 Å². The maximum absolute atomic E-state index is 11.5. The number of nitrogens with two attached hydrogens (primary N) is 2. The molecule has 5 nitrogen and oxygen atoms in total. The Morgan fingerprint density at radius 1 is 1.37 bits per heavy atom. The zero-order valence-electron chi connectivity index (χ0n) is 11.3. The fraction of sp³-hybridized carbons (Fsp3) is 0.538. The Kier molecular flexibility index (Phi) is 3.73. The van der Waals surface area contributed by atoms with Crippen LogP contribution < -0.4 is 15.8 Å². The first-order valence-electron chi connectivity index (χ1n) is 6.47. The van der Waals surface area contributed by atoms with Crippen LogP contribution in [0.4, 0.5) is 11.4 Å². The number of benzene rings is 1. The predicted molar refractivity (Wildman–Crippen MR) is 77.4 cm³/mol. The molecular weight excluding hydrogens is 262 g/mol. The van der Waals surface area contributed by atoms with Gasteiger partial charge in [0.05, 0.1) is 11.4 Å². The van der Waals surface area contributed by atoms with Crippen molar-refractivity contribution in [3.63, 3.8) is 0 Å². The Bertz CT molecular complexity index is 569. The van der Waals surface area contributed by atoms with Crippen LogP contribution in [-0.2, 0) is 10.0 Å². The Labute approximate surface area is 114 Å². The van der Waals surface area contributed by atoms with E-state index >= 15 is 0 Å². The summed E-state index contributed by atoms with van der Waals surface area (Å²) in [4.78, 5) is 2.16. The molecule has 1 fully saturated rings. The van der Waals surface area contributed by atoms with E-state index in [9.17, 15) is 8.42 Å². The third kappa shape index (κ3) is 2.84. The molecule has 6 heteroatoms. The SMILES string of the molecule is CC(C)C1CCN(c2cccc(S(N)(=O)=O)c2N)C1. The summed E-state index contributed by atoms with van der Waals surface area (Å²) >= 11 is 0. The van der Waals surface area contributed by atoms with Crippen molar-refractivity contribution in [1.82, 2.24) is 0 Å². The molecule has 1 saturated heterocycles. The lowest BCUT2D eigenvalue weighted by molar-refractivity contribution is 0.423. The van der Waals surface area contributed by atoms with Gasteiger partial charge in [-0.05, 0) is 30.4 Å². The zero-order valence-corrected chi connectivity index (χ0v) is 12.2. The van der Waals surface area contributed by atoms with E-state index in [1.165, 1.54) is 6.07 Å². The molecule has 1 atom stereocenters. The predicted octanol–water partition coefficient (Wildman–Crippen LogP) is 1.40. The monoisotopic (exact) mass is 283 g/mol. The van der Waals surface area contributed by atoms with Gasteiger partial charge in [-0.2, -0.15) is 0 Å². The minimum atomic E-state index is -3.77. The molecule has 4 N–H and O–H groups in total. The molecule has 1 unspecified atom stereocenters. The number of nitrogens with zero attached hydrogens (tertiary/aromatic N) is 1. The van der Waals surface area contributed by atoms with E-state index in [0.717, 1.165) is 25.2 Å². The zero-order chi connectivity index (χ0) is 14.2. The first-order valence-corrected chi connectivity index (χ1v) is 8.01. The molecule has 2 rings (SSSR count). The van der Waals surface area contributed by atoms with Gasteiger partial charge in [-0.1, -0.05) is 19.9 Å². The van der Waals surface area contributed by atoms with Crippen molar-refractivity contribution >= 4 is 21.4 Å². The molecule has 1 aliphatic heterocycles. The van der Waals surface area contributed by atoms with Crippen molar-refractivity contribution in [2.24, 2.45) is 17.0 Å². The van der Waals surface area contributed by atoms with Crippen LogP contribution >= 0.6 is 0 Å². The highest BCUT2D eigenvalue weighted by Crippen LogP contribution is 2.34. The molecule has 1 heterocycles. The number of sulfonamides is 1. The summed E-state index contributed by atoms with van der Waals surface area (Å²) in [6.07, 6.45) is 1.11. The molecule has 0 aromatic heterocycles. The average Bonchev–Trinajstić information content (AvgIpc) is 2.77. The highest BCUT2D eigenvalue weighted by molar-refractivity contribution is 7.89. The van der Waals surface area contributed by atoms with Gasteiger partial charge in [0, 0.05) is 13.1 Å². The van der Waals surface area contributed by atoms with Crippen LogP contribution in [0.25, 0.3) is 0 Å². The highest BCUT2D eigenvalue weighted by atomic mass is 32.2. The number of hydrogen-bond donors (Lipinski definition) is 2. The van der Waals surface area contributed by atoms with Gasteiger partial charge in [-0.15, -0.1) is 0 Å². The normalized spacial score (nSPS) is 20.2. The van der Waals surface area contributed by atoms with Gasteiger partial charge in [-0.3, -0.25) is 0 Å². The minimum Gasteiger partial charge on any atom is -0.396 e. The highest BCUT2D eigenvalue weighted by Gasteiger charge is 2.27. The summed E-state index contributed by atoms with van der Waals surface area (Å²) in [7, 11) is -3.77. The van der Waals surface area contributed by atoms with E-state index < -0.39 is 10.0 Å². The number of anilines is 2. The lowest BCUT2D eigenvalue weighted by Crippen LogP contribution is -2.23. The van der Waals surface area contributed by atoms with Crippen LogP contribution in [0.2, 0.25) is 0 Å². The molecule has 1 aromatic rings. The molecule has 0 spiro atoms. The molecule has 1 aromatic carbocycles. The van der Waals surface area contributed by atoms with Gasteiger partial charge in [0.2, 0.25) is 10.0 Å². The lowest BCUT2D eigenvalue weighted by Gasteiger charge is -2.22. The number of primary sulfonamides is 1. The molecule has 106 valence electrons. The maximum atomic E-state index is 11.5. The van der Waals surface area contributed by atoms with Crippen LogP contribution in [0.3, 0.4) is 0 Å². The molecule has 0 radical (unpaired) electrons. The number of para-hydroxylation sites is 1. The molecule has 0 amide bonds. The van der Waals surface area contributed by atoms with E-state index in [4.69, 9.17) is 10.9 Å². The Morgan fingerprint density at radius 2 is 2.05 bits per heavy atom. The number of nitrogen functional groups attached to an aromatic ring is 1. The van der Waals surface area contributed by atoms with E-state index in [1.807, 2.05) is 6.07 Å². The van der Waals surface area contributed by atoms with Crippen molar-refractivity contribution in [3.05, 3.63) is 18.2 Å². The Hall–Kier alpha value is -1.27. The molecule has 0 aliphatic carbocycles. The molecule has 0 bridgehead atoms. The van der Waals surface area contributed by atoms with Gasteiger partial charge in [-0.25, -0.2) is 13.6 Å². The molecular formula is C13H21N3O2S. The van der Waals surface area contributed by atoms with Gasteiger partial charge in [0.15, 0.2) is 0 Å². The van der Waals surface area contributed by atoms with Crippen LogP contribution in [0, 0.1) is 11.8 Å². The van der Waals surface area contributed by atoms with E-state index in [0.29, 0.717) is 11.8 Å². The van der Waals surface area contributed by atoms with Gasteiger partial charge in [0.25, 0.3) is 0 Å². The topological polar surface area (TPSA) is 89.4 Å². The summed E-state index contributed by atoms with van der Waals surface area (Å²) in [5.41, 5.74) is 7.00. The second-order valence-corrected chi connectivity index (χ2v) is 7.00. The number of hydrogen-bond acceptors (Lipinski definition) is 4. The van der Waals surface area contributed by atoms with Crippen molar-refractivity contribution in [2.75, 3.05) is 23.7 Å². The van der Waals surface area contributed by atoms with Crippen LogP contribution in [0.1, 0.15) is 20.3 Å². The maximum Gasteiger partial charge on any atom is 0.240 e. The van der Waals surface area contributed by atoms with E-state index in [2.05, 4.69) is 18.7 Å². The van der Waals surface area contributed by atoms with Gasteiger partial charge >= 0.3 is 0 Å². The minimum absolute atomic E-state index is 0.0120. The van der Waals surface area contributed by atoms with Crippen molar-refractivity contribution in [1.29, 1.82) is 0 Å². The summed E-state index contributed by atoms with van der Waals surface area (Å²) in [5, 5.41) is 5.17. The fourth-order valence-corrected chi connectivity index (χ4v) is 3.29. The van der Waals surface area contributed by atoms with Crippen molar-refractivity contribution in [3.8, 4) is 0 Å². The standard InChI is InChI=1S/C13H21N3O2S/c1-9(2)10-6-7-16(8-10)11-4-3-5-12(13(11)14)19(15,17)18/h3-5,9-10H,6-8,14H2,1-2H3,(H2,15,17,18).